The van der Waals surface area contributed by atoms with Crippen LogP contribution in [0.5, 0.6) is 17.2 Å². The quantitative estimate of drug-likeness (QED) is 0.206. The zero-order valence-electron chi connectivity index (χ0n) is 22.2. The summed E-state index contributed by atoms with van der Waals surface area (Å²) >= 11 is 0. The van der Waals surface area contributed by atoms with E-state index in [4.69, 9.17) is 9.47 Å². The van der Waals surface area contributed by atoms with E-state index in [1.165, 1.54) is 32.6 Å². The molecule has 1 aliphatic rings. The molecular formula is C32H36N2O4. The largest absolute Gasteiger partial charge is 0.508 e. The van der Waals surface area contributed by atoms with Gasteiger partial charge >= 0.3 is 5.97 Å². The lowest BCUT2D eigenvalue weighted by Gasteiger charge is -2.16. The maximum atomic E-state index is 11.5. The van der Waals surface area contributed by atoms with Crippen LogP contribution in [0.25, 0.3) is 22.2 Å². The highest BCUT2D eigenvalue weighted by Gasteiger charge is 2.18. The molecule has 1 aliphatic heterocycles. The van der Waals surface area contributed by atoms with Crippen molar-refractivity contribution in [1.29, 1.82) is 0 Å². The summed E-state index contributed by atoms with van der Waals surface area (Å²) in [5, 5.41) is 14.5. The number of phenolic OH excluding ortho intramolecular Hbond substituents is 1. The molecule has 1 unspecified atom stereocenters. The van der Waals surface area contributed by atoms with Crippen LogP contribution < -0.4 is 14.8 Å². The first-order valence-corrected chi connectivity index (χ1v) is 13.5. The number of ether oxygens (including phenoxy) is 2. The monoisotopic (exact) mass is 512 g/mol. The number of carbonyl (C=O) groups is 1. The van der Waals surface area contributed by atoms with Gasteiger partial charge in [-0.3, -0.25) is 4.79 Å². The molecule has 1 aromatic heterocycles. The van der Waals surface area contributed by atoms with Gasteiger partial charge in [-0.1, -0.05) is 25.0 Å². The summed E-state index contributed by atoms with van der Waals surface area (Å²) in [7, 11) is 0. The van der Waals surface area contributed by atoms with Gasteiger partial charge in [0.2, 0.25) is 0 Å². The molecule has 0 saturated carbocycles. The number of hydrogen-bond donors (Lipinski definition) is 2. The minimum Gasteiger partial charge on any atom is -0.508 e. The summed E-state index contributed by atoms with van der Waals surface area (Å²) in [5.74, 6) is 1.31. The fraction of sp³-hybridized carbons (Fsp3) is 0.344. The van der Waals surface area contributed by atoms with Crippen LogP contribution >= 0.6 is 0 Å². The van der Waals surface area contributed by atoms with Crippen LogP contribution in [0.3, 0.4) is 0 Å². The average molecular weight is 513 g/mol. The maximum Gasteiger partial charge on any atom is 0.308 e. The number of hydrogen-bond acceptors (Lipinski definition) is 5. The Labute approximate surface area is 224 Å². The molecule has 1 atom stereocenters. The Balaban J connectivity index is 1.38. The minimum atomic E-state index is -0.340. The van der Waals surface area contributed by atoms with Crippen LogP contribution in [-0.4, -0.2) is 34.8 Å². The fourth-order valence-corrected chi connectivity index (χ4v) is 5.43. The molecule has 38 heavy (non-hydrogen) atoms. The van der Waals surface area contributed by atoms with Crippen LogP contribution in [0.4, 0.5) is 0 Å². The van der Waals surface area contributed by atoms with E-state index in [2.05, 4.69) is 28.9 Å². The first-order valence-electron chi connectivity index (χ1n) is 13.5. The number of carbonyl (C=O) groups excluding carboxylic acids is 1. The molecule has 198 valence electrons. The van der Waals surface area contributed by atoms with Gasteiger partial charge in [0.15, 0.2) is 0 Å². The Bertz CT molecular complexity index is 1380. The van der Waals surface area contributed by atoms with Crippen molar-refractivity contribution in [3.63, 3.8) is 0 Å². The Morgan fingerprint density at radius 1 is 1.00 bits per heavy atom. The van der Waals surface area contributed by atoms with Crippen molar-refractivity contribution in [2.45, 2.75) is 58.5 Å². The van der Waals surface area contributed by atoms with E-state index in [0.717, 1.165) is 52.0 Å². The lowest BCUT2D eigenvalue weighted by atomic mass is 10.1. The maximum absolute atomic E-state index is 11.5. The normalized spacial score (nSPS) is 15.8. The highest BCUT2D eigenvalue weighted by Crippen LogP contribution is 2.36. The predicted octanol–water partition coefficient (Wildman–Crippen LogP) is 6.60. The van der Waals surface area contributed by atoms with Crippen molar-refractivity contribution < 1.29 is 19.4 Å². The zero-order valence-corrected chi connectivity index (χ0v) is 22.2. The van der Waals surface area contributed by atoms with Crippen LogP contribution in [0.1, 0.15) is 50.2 Å². The number of benzene rings is 3. The Kier molecular flexibility index (Phi) is 7.99. The van der Waals surface area contributed by atoms with Gasteiger partial charge in [-0.15, -0.1) is 0 Å². The minimum absolute atomic E-state index is 0.233. The molecule has 0 bridgehead atoms. The molecule has 4 aromatic rings. The summed E-state index contributed by atoms with van der Waals surface area (Å²) in [4.78, 5) is 11.5. The first-order chi connectivity index (χ1) is 18.5. The second kappa shape index (κ2) is 11.7. The number of nitrogens with one attached hydrogen (secondary N) is 1. The van der Waals surface area contributed by atoms with Gasteiger partial charge in [0, 0.05) is 30.4 Å². The Morgan fingerprint density at radius 2 is 1.76 bits per heavy atom. The van der Waals surface area contributed by atoms with Crippen molar-refractivity contribution in [2.24, 2.45) is 0 Å². The second-order valence-corrected chi connectivity index (χ2v) is 10.2. The molecule has 6 heteroatoms. The Morgan fingerprint density at radius 3 is 2.53 bits per heavy atom. The highest BCUT2D eigenvalue weighted by molar-refractivity contribution is 5.93. The van der Waals surface area contributed by atoms with Crippen LogP contribution in [0, 0.1) is 6.92 Å². The van der Waals surface area contributed by atoms with E-state index in [1.54, 1.807) is 12.1 Å². The number of aromatic nitrogens is 1. The molecule has 6 nitrogen and oxygen atoms in total. The average Bonchev–Trinajstić information content (AvgIpc) is 3.05. The van der Waals surface area contributed by atoms with Crippen LogP contribution in [-0.2, 0) is 11.3 Å². The lowest BCUT2D eigenvalue weighted by Crippen LogP contribution is -2.29. The number of nitrogens with zero attached hydrogens (tertiary/aromatic N) is 1. The molecule has 1 saturated heterocycles. The van der Waals surface area contributed by atoms with Gasteiger partial charge < -0.3 is 24.5 Å². The van der Waals surface area contributed by atoms with E-state index in [9.17, 15) is 9.90 Å². The third kappa shape index (κ3) is 6.03. The van der Waals surface area contributed by atoms with E-state index in [1.807, 2.05) is 42.5 Å². The van der Waals surface area contributed by atoms with Gasteiger partial charge in [0.1, 0.15) is 17.2 Å². The summed E-state index contributed by atoms with van der Waals surface area (Å²) in [5.41, 5.74) is 5.38. The first kappa shape index (κ1) is 25.9. The van der Waals surface area contributed by atoms with Gasteiger partial charge in [-0.25, -0.2) is 0 Å². The van der Waals surface area contributed by atoms with Crippen molar-refractivity contribution in [3.8, 4) is 28.5 Å². The van der Waals surface area contributed by atoms with Gasteiger partial charge in [0.05, 0.1) is 12.3 Å². The molecule has 0 radical (unpaired) electrons. The molecule has 2 N–H and O–H groups in total. The smallest absolute Gasteiger partial charge is 0.308 e. The van der Waals surface area contributed by atoms with Crippen LogP contribution in [0.2, 0.25) is 0 Å². The van der Waals surface area contributed by atoms with Gasteiger partial charge in [-0.2, -0.15) is 0 Å². The molecule has 3 aromatic carbocycles. The fourth-order valence-electron chi connectivity index (χ4n) is 5.43. The third-order valence-electron chi connectivity index (χ3n) is 7.35. The van der Waals surface area contributed by atoms with Crippen molar-refractivity contribution >= 4 is 16.9 Å². The molecular weight excluding hydrogens is 476 g/mol. The molecule has 0 amide bonds. The van der Waals surface area contributed by atoms with Crippen molar-refractivity contribution in [2.75, 3.05) is 13.2 Å². The molecule has 5 rings (SSSR count). The number of aryl methyl sites for hydroxylation is 1. The van der Waals surface area contributed by atoms with E-state index in [0.29, 0.717) is 24.9 Å². The molecule has 0 spiro atoms. The summed E-state index contributed by atoms with van der Waals surface area (Å²) in [6, 6.07) is 21.9. The second-order valence-electron chi connectivity index (χ2n) is 10.2. The number of fused-ring (bicyclic) bond motifs is 1. The lowest BCUT2D eigenvalue weighted by molar-refractivity contribution is -0.131. The van der Waals surface area contributed by atoms with Gasteiger partial charge in [0.25, 0.3) is 0 Å². The predicted molar refractivity (Wildman–Crippen MR) is 151 cm³/mol. The SMILES string of the molecule is CC(=O)Oc1ccc2c(c1)c(C)c(-c1ccc(O)cc1)n2Cc1ccc(OCCC2CCCCCN2)cc1. The van der Waals surface area contributed by atoms with Gasteiger partial charge in [-0.05, 0) is 104 Å². The third-order valence-corrected chi connectivity index (χ3v) is 7.35. The van der Waals surface area contributed by atoms with E-state index < -0.39 is 0 Å². The summed E-state index contributed by atoms with van der Waals surface area (Å²) < 4.78 is 13.7. The number of rotatable bonds is 8. The standard InChI is InChI=1S/C32H36N2O4/c1-22-30-20-29(38-23(2)35)15-16-31(30)34(32(22)25-9-11-27(36)12-10-25)21-24-7-13-28(14-8-24)37-19-17-26-6-4-3-5-18-33-26/h7-16,20,26,33,36H,3-6,17-19,21H2,1-2H3. The highest BCUT2D eigenvalue weighted by atomic mass is 16.5. The van der Waals surface area contributed by atoms with E-state index >= 15 is 0 Å². The number of phenols is 1. The Hall–Kier alpha value is -3.77. The van der Waals surface area contributed by atoms with Crippen LogP contribution in [0.15, 0.2) is 66.7 Å². The van der Waals surface area contributed by atoms with E-state index in [-0.39, 0.29) is 11.7 Å². The zero-order chi connectivity index (χ0) is 26.5. The summed E-state index contributed by atoms with van der Waals surface area (Å²) in [6.07, 6.45) is 6.16. The number of aromatic hydroxyl groups is 1. The van der Waals surface area contributed by atoms with Crippen molar-refractivity contribution in [3.05, 3.63) is 77.9 Å². The van der Waals surface area contributed by atoms with Crippen molar-refractivity contribution in [1.82, 2.24) is 9.88 Å². The molecule has 1 fully saturated rings. The molecule has 0 aliphatic carbocycles. The summed E-state index contributed by atoms with van der Waals surface area (Å²) in [6.45, 7) is 5.99. The number of esters is 1. The topological polar surface area (TPSA) is 72.7 Å². The molecule has 2 heterocycles.